The molecule has 1 N–H and O–H groups in total. The Morgan fingerprint density at radius 2 is 2.06 bits per heavy atom. The van der Waals surface area contributed by atoms with E-state index in [2.05, 4.69) is 17.5 Å². The summed E-state index contributed by atoms with van der Waals surface area (Å²) in [5.74, 6) is 0. The first-order valence-corrected chi connectivity index (χ1v) is 5.35. The van der Waals surface area contributed by atoms with Crippen LogP contribution in [0.4, 0.5) is 5.69 Å². The molecule has 18 heavy (non-hydrogen) atoms. The van der Waals surface area contributed by atoms with Gasteiger partial charge in [-0.1, -0.05) is 6.07 Å². The molecular weight excluding hydrogens is 226 g/mol. The van der Waals surface area contributed by atoms with Crippen LogP contribution in [0.25, 0.3) is 10.9 Å². The highest BCUT2D eigenvalue weighted by molar-refractivity contribution is 6.10. The monoisotopic (exact) mass is 237 g/mol. The first kappa shape index (κ1) is 11.7. The van der Waals surface area contributed by atoms with E-state index in [4.69, 9.17) is 10.5 Å². The van der Waals surface area contributed by atoms with Crippen molar-refractivity contribution in [3.8, 4) is 12.1 Å². The molecule has 0 saturated heterocycles. The number of nitriles is 2. The maximum absolute atomic E-state index is 8.58. The number of hydrogen-bond acceptors (Lipinski definition) is 4. The van der Waals surface area contributed by atoms with Gasteiger partial charge in [0.2, 0.25) is 5.71 Å². The summed E-state index contributed by atoms with van der Waals surface area (Å²) in [6.07, 6.45) is 2.05. The molecule has 0 aliphatic heterocycles. The van der Waals surface area contributed by atoms with Crippen LogP contribution in [-0.2, 0) is 7.05 Å². The standard InChI is InChI=1S/C13H11N5/c1-9-8-18(2)13-5-10(3-4-12(9)13)16-17-11(6-14)7-15/h3-5,8,16H,1-2H3. The lowest BCUT2D eigenvalue weighted by Gasteiger charge is -2.02. The molecule has 1 aromatic carbocycles. The Kier molecular flexibility index (Phi) is 2.99. The van der Waals surface area contributed by atoms with Crippen molar-refractivity contribution in [2.75, 3.05) is 5.43 Å². The number of hydrogen-bond donors (Lipinski definition) is 1. The lowest BCUT2D eigenvalue weighted by atomic mass is 10.2. The van der Waals surface area contributed by atoms with Crippen molar-refractivity contribution in [3.63, 3.8) is 0 Å². The minimum absolute atomic E-state index is 0.196. The minimum Gasteiger partial charge on any atom is -0.350 e. The van der Waals surface area contributed by atoms with Gasteiger partial charge in [-0.3, -0.25) is 5.43 Å². The number of fused-ring (bicyclic) bond motifs is 1. The fourth-order valence-electron chi connectivity index (χ4n) is 1.85. The first-order valence-electron chi connectivity index (χ1n) is 5.35. The highest BCUT2D eigenvalue weighted by Crippen LogP contribution is 2.23. The van der Waals surface area contributed by atoms with E-state index in [1.807, 2.05) is 36.0 Å². The van der Waals surface area contributed by atoms with Crippen molar-refractivity contribution in [1.29, 1.82) is 10.5 Å². The molecule has 1 aromatic heterocycles. The van der Waals surface area contributed by atoms with Crippen LogP contribution in [0.3, 0.4) is 0 Å². The Balaban J connectivity index is 2.38. The van der Waals surface area contributed by atoms with Crippen LogP contribution >= 0.6 is 0 Å². The summed E-state index contributed by atoms with van der Waals surface area (Å²) in [5.41, 5.74) is 5.53. The smallest absolute Gasteiger partial charge is 0.237 e. The van der Waals surface area contributed by atoms with Crippen molar-refractivity contribution < 1.29 is 0 Å². The maximum Gasteiger partial charge on any atom is 0.237 e. The number of hydrazone groups is 1. The number of benzene rings is 1. The molecule has 0 bridgehead atoms. The van der Waals surface area contributed by atoms with E-state index in [1.54, 1.807) is 12.1 Å². The van der Waals surface area contributed by atoms with Crippen LogP contribution in [0, 0.1) is 29.6 Å². The van der Waals surface area contributed by atoms with Crippen molar-refractivity contribution in [3.05, 3.63) is 30.0 Å². The van der Waals surface area contributed by atoms with Gasteiger partial charge in [0.1, 0.15) is 12.1 Å². The average molecular weight is 237 g/mol. The molecule has 0 saturated carbocycles. The molecule has 0 unspecified atom stereocenters. The second kappa shape index (κ2) is 4.60. The number of rotatable bonds is 2. The van der Waals surface area contributed by atoms with Crippen LogP contribution in [0.2, 0.25) is 0 Å². The summed E-state index contributed by atoms with van der Waals surface area (Å²) in [7, 11) is 1.97. The number of aromatic nitrogens is 1. The Labute approximate surface area is 105 Å². The first-order chi connectivity index (χ1) is 8.65. The van der Waals surface area contributed by atoms with E-state index in [0.717, 1.165) is 11.2 Å². The molecule has 0 aliphatic carbocycles. The Hall–Kier alpha value is -2.79. The van der Waals surface area contributed by atoms with Gasteiger partial charge in [-0.05, 0) is 24.6 Å². The SMILES string of the molecule is Cc1cn(C)c2cc(NN=C(C#N)C#N)ccc12. The molecule has 0 fully saturated rings. The maximum atomic E-state index is 8.58. The van der Waals surface area contributed by atoms with Gasteiger partial charge in [-0.15, -0.1) is 0 Å². The largest absolute Gasteiger partial charge is 0.350 e. The van der Waals surface area contributed by atoms with Crippen LogP contribution in [0.5, 0.6) is 0 Å². The number of anilines is 1. The molecular formula is C13H11N5. The van der Waals surface area contributed by atoms with E-state index in [1.165, 1.54) is 10.9 Å². The molecule has 0 atom stereocenters. The van der Waals surface area contributed by atoms with Gasteiger partial charge in [-0.25, -0.2) is 0 Å². The molecule has 0 aliphatic rings. The zero-order valence-corrected chi connectivity index (χ0v) is 10.1. The Morgan fingerprint density at radius 3 is 2.72 bits per heavy atom. The Morgan fingerprint density at radius 1 is 1.33 bits per heavy atom. The predicted octanol–water partition coefficient (Wildman–Crippen LogP) is 2.30. The van der Waals surface area contributed by atoms with Gasteiger partial charge in [-0.2, -0.15) is 15.6 Å². The van der Waals surface area contributed by atoms with Crippen molar-refractivity contribution in [2.24, 2.45) is 12.1 Å². The molecule has 2 rings (SSSR count). The van der Waals surface area contributed by atoms with Crippen LogP contribution < -0.4 is 5.43 Å². The van der Waals surface area contributed by atoms with Crippen molar-refractivity contribution in [2.45, 2.75) is 6.92 Å². The lowest BCUT2D eigenvalue weighted by molar-refractivity contribution is 0.964. The van der Waals surface area contributed by atoms with Crippen LogP contribution in [0.15, 0.2) is 29.5 Å². The third-order valence-corrected chi connectivity index (χ3v) is 2.70. The summed E-state index contributed by atoms with van der Waals surface area (Å²) in [6, 6.07) is 9.17. The minimum atomic E-state index is -0.196. The van der Waals surface area contributed by atoms with Gasteiger partial charge < -0.3 is 4.57 Å². The topological polar surface area (TPSA) is 76.9 Å². The highest BCUT2D eigenvalue weighted by atomic mass is 15.3. The third-order valence-electron chi connectivity index (χ3n) is 2.70. The van der Waals surface area contributed by atoms with Crippen LogP contribution in [0.1, 0.15) is 5.56 Å². The third kappa shape index (κ3) is 2.02. The number of nitrogens with zero attached hydrogens (tertiary/aromatic N) is 4. The molecule has 0 radical (unpaired) electrons. The Bertz CT molecular complexity index is 693. The fraction of sp³-hybridized carbons (Fsp3) is 0.154. The molecule has 88 valence electrons. The summed E-state index contributed by atoms with van der Waals surface area (Å²) < 4.78 is 2.02. The van der Waals surface area contributed by atoms with Crippen molar-refractivity contribution >= 4 is 22.3 Å². The summed E-state index contributed by atoms with van der Waals surface area (Å²) in [6.45, 7) is 2.05. The number of aryl methyl sites for hydroxylation is 2. The normalized spacial score (nSPS) is 9.56. The molecule has 2 aromatic rings. The second-order valence-electron chi connectivity index (χ2n) is 3.95. The van der Waals surface area contributed by atoms with Crippen LogP contribution in [-0.4, -0.2) is 10.3 Å². The summed E-state index contributed by atoms with van der Waals surface area (Å²) in [5, 5.41) is 22.0. The van der Waals surface area contributed by atoms with E-state index in [9.17, 15) is 0 Å². The van der Waals surface area contributed by atoms with Gasteiger partial charge >= 0.3 is 0 Å². The predicted molar refractivity (Wildman–Crippen MR) is 69.9 cm³/mol. The van der Waals surface area contributed by atoms with Gasteiger partial charge in [0.05, 0.1) is 11.2 Å². The lowest BCUT2D eigenvalue weighted by Crippen LogP contribution is -1.96. The second-order valence-corrected chi connectivity index (χ2v) is 3.95. The molecule has 0 spiro atoms. The quantitative estimate of drug-likeness (QED) is 0.643. The van der Waals surface area contributed by atoms with E-state index >= 15 is 0 Å². The van der Waals surface area contributed by atoms with Gasteiger partial charge in [0, 0.05) is 18.6 Å². The number of nitrogens with one attached hydrogen (secondary N) is 1. The molecule has 1 heterocycles. The van der Waals surface area contributed by atoms with Gasteiger partial charge in [0.25, 0.3) is 0 Å². The average Bonchev–Trinajstić information content (AvgIpc) is 2.66. The summed E-state index contributed by atoms with van der Waals surface area (Å²) in [4.78, 5) is 0. The summed E-state index contributed by atoms with van der Waals surface area (Å²) >= 11 is 0. The van der Waals surface area contributed by atoms with E-state index in [0.29, 0.717) is 0 Å². The van der Waals surface area contributed by atoms with E-state index < -0.39 is 0 Å². The zero-order valence-electron chi connectivity index (χ0n) is 10.1. The fourth-order valence-corrected chi connectivity index (χ4v) is 1.85. The van der Waals surface area contributed by atoms with E-state index in [-0.39, 0.29) is 5.71 Å². The van der Waals surface area contributed by atoms with Crippen molar-refractivity contribution in [1.82, 2.24) is 4.57 Å². The van der Waals surface area contributed by atoms with Gasteiger partial charge in [0.15, 0.2) is 0 Å². The highest BCUT2D eigenvalue weighted by Gasteiger charge is 2.03. The molecule has 5 nitrogen and oxygen atoms in total. The molecule has 0 amide bonds. The zero-order chi connectivity index (χ0) is 13.1. The molecule has 5 heteroatoms.